The van der Waals surface area contributed by atoms with Crippen molar-refractivity contribution in [2.75, 3.05) is 0 Å². The van der Waals surface area contributed by atoms with E-state index in [4.69, 9.17) is 4.74 Å². The van der Waals surface area contributed by atoms with Crippen LogP contribution in [0.3, 0.4) is 0 Å². The molecule has 2 aliphatic rings. The van der Waals surface area contributed by atoms with Crippen LogP contribution in [-0.2, 0) is 14.3 Å². The maximum Gasteiger partial charge on any atom is 0.315 e. The van der Waals surface area contributed by atoms with Gasteiger partial charge in [0.25, 0.3) is 0 Å². The maximum absolute atomic E-state index is 11.6. The SMILES string of the molecule is CC1C(=O)C2=C(CC(=O)O2)C1(C)C. The molecule has 0 radical (unpaired) electrons. The first-order chi connectivity index (χ1) is 5.94. The third kappa shape index (κ3) is 0.900. The van der Waals surface area contributed by atoms with Crippen molar-refractivity contribution in [2.45, 2.75) is 27.2 Å². The van der Waals surface area contributed by atoms with Gasteiger partial charge in [0.2, 0.25) is 5.78 Å². The molecular weight excluding hydrogens is 168 g/mol. The summed E-state index contributed by atoms with van der Waals surface area (Å²) in [5, 5.41) is 0. The number of esters is 1. The van der Waals surface area contributed by atoms with E-state index in [1.165, 1.54) is 0 Å². The lowest BCUT2D eigenvalue weighted by atomic mass is 9.77. The van der Waals surface area contributed by atoms with Crippen LogP contribution in [0, 0.1) is 11.3 Å². The van der Waals surface area contributed by atoms with E-state index in [0.29, 0.717) is 12.2 Å². The molecule has 3 nitrogen and oxygen atoms in total. The van der Waals surface area contributed by atoms with Crippen LogP contribution in [0.1, 0.15) is 27.2 Å². The maximum atomic E-state index is 11.6. The number of carbonyl (C=O) groups is 2. The Labute approximate surface area is 76.8 Å². The van der Waals surface area contributed by atoms with E-state index in [1.807, 2.05) is 20.8 Å². The molecule has 1 aliphatic heterocycles. The molecule has 13 heavy (non-hydrogen) atoms. The first-order valence-corrected chi connectivity index (χ1v) is 4.43. The van der Waals surface area contributed by atoms with Gasteiger partial charge < -0.3 is 4.74 Å². The molecule has 0 aromatic heterocycles. The Hall–Kier alpha value is -1.12. The van der Waals surface area contributed by atoms with Gasteiger partial charge in [-0.25, -0.2) is 0 Å². The molecule has 0 amide bonds. The van der Waals surface area contributed by atoms with E-state index in [1.54, 1.807) is 0 Å². The Morgan fingerprint density at radius 1 is 1.38 bits per heavy atom. The molecule has 1 unspecified atom stereocenters. The van der Waals surface area contributed by atoms with Crippen molar-refractivity contribution in [3.05, 3.63) is 11.3 Å². The Balaban J connectivity index is 2.47. The van der Waals surface area contributed by atoms with Gasteiger partial charge in [0.05, 0.1) is 6.42 Å². The second-order valence-electron chi connectivity index (χ2n) is 4.27. The fraction of sp³-hybridized carbons (Fsp3) is 0.600. The van der Waals surface area contributed by atoms with Gasteiger partial charge in [0, 0.05) is 11.3 Å². The van der Waals surface area contributed by atoms with E-state index >= 15 is 0 Å². The molecule has 1 atom stereocenters. The highest BCUT2D eigenvalue weighted by Gasteiger charge is 2.50. The van der Waals surface area contributed by atoms with Gasteiger partial charge in [-0.15, -0.1) is 0 Å². The number of rotatable bonds is 0. The van der Waals surface area contributed by atoms with Gasteiger partial charge in [0.15, 0.2) is 5.76 Å². The standard InChI is InChI=1S/C10H12O3/c1-5-8(12)9-6(10(5,2)3)4-7(11)13-9/h5H,4H2,1-3H3. The average molecular weight is 180 g/mol. The van der Waals surface area contributed by atoms with Gasteiger partial charge in [-0.2, -0.15) is 0 Å². The van der Waals surface area contributed by atoms with E-state index < -0.39 is 0 Å². The molecule has 0 aromatic rings. The highest BCUT2D eigenvalue weighted by Crippen LogP contribution is 2.49. The van der Waals surface area contributed by atoms with Crippen molar-refractivity contribution >= 4 is 11.8 Å². The molecule has 0 saturated heterocycles. The summed E-state index contributed by atoms with van der Waals surface area (Å²) in [7, 11) is 0. The average Bonchev–Trinajstić information content (AvgIpc) is 2.49. The lowest BCUT2D eigenvalue weighted by Crippen LogP contribution is -2.25. The van der Waals surface area contributed by atoms with Crippen LogP contribution in [0.15, 0.2) is 11.3 Å². The molecule has 3 heteroatoms. The molecule has 0 spiro atoms. The fourth-order valence-electron chi connectivity index (χ4n) is 1.94. The summed E-state index contributed by atoms with van der Waals surface area (Å²) in [5.41, 5.74) is 0.675. The van der Waals surface area contributed by atoms with Gasteiger partial charge in [-0.1, -0.05) is 20.8 Å². The Kier molecular flexibility index (Phi) is 1.45. The molecule has 0 fully saturated rings. The van der Waals surface area contributed by atoms with E-state index in [0.717, 1.165) is 5.57 Å². The number of allylic oxidation sites excluding steroid dienone is 1. The first kappa shape index (κ1) is 8.48. The second kappa shape index (κ2) is 2.22. The number of Topliss-reactive ketones (excluding diaryl/α,β-unsaturated/α-hetero) is 1. The fourth-order valence-corrected chi connectivity index (χ4v) is 1.94. The van der Waals surface area contributed by atoms with Crippen molar-refractivity contribution in [1.29, 1.82) is 0 Å². The van der Waals surface area contributed by atoms with Gasteiger partial charge >= 0.3 is 5.97 Å². The van der Waals surface area contributed by atoms with E-state index in [-0.39, 0.29) is 23.1 Å². The van der Waals surface area contributed by atoms with Crippen LogP contribution in [0.5, 0.6) is 0 Å². The summed E-state index contributed by atoms with van der Waals surface area (Å²) in [6.45, 7) is 5.86. The van der Waals surface area contributed by atoms with E-state index in [2.05, 4.69) is 0 Å². The minimum atomic E-state index is -0.293. The molecule has 0 N–H and O–H groups in total. The van der Waals surface area contributed by atoms with Crippen LogP contribution in [0.25, 0.3) is 0 Å². The summed E-state index contributed by atoms with van der Waals surface area (Å²) in [6, 6.07) is 0. The predicted molar refractivity (Wildman–Crippen MR) is 45.7 cm³/mol. The minimum Gasteiger partial charge on any atom is -0.422 e. The molecule has 1 heterocycles. The number of ether oxygens (including phenoxy) is 1. The zero-order valence-corrected chi connectivity index (χ0v) is 8.01. The van der Waals surface area contributed by atoms with Crippen molar-refractivity contribution in [3.8, 4) is 0 Å². The van der Waals surface area contributed by atoms with Crippen molar-refractivity contribution < 1.29 is 14.3 Å². The monoisotopic (exact) mass is 180 g/mol. The summed E-state index contributed by atoms with van der Waals surface area (Å²) < 4.78 is 4.89. The van der Waals surface area contributed by atoms with Crippen LogP contribution >= 0.6 is 0 Å². The number of ketones is 1. The molecule has 0 saturated carbocycles. The van der Waals surface area contributed by atoms with Crippen molar-refractivity contribution in [1.82, 2.24) is 0 Å². The molecule has 0 aromatic carbocycles. The first-order valence-electron chi connectivity index (χ1n) is 4.43. The number of carbonyl (C=O) groups excluding carboxylic acids is 2. The molecule has 2 rings (SSSR count). The number of hydrogen-bond acceptors (Lipinski definition) is 3. The van der Waals surface area contributed by atoms with Gasteiger partial charge in [-0.3, -0.25) is 9.59 Å². The summed E-state index contributed by atoms with van der Waals surface area (Å²) in [6.07, 6.45) is 0.290. The summed E-state index contributed by atoms with van der Waals surface area (Å²) in [5.74, 6) is -0.0581. The quantitative estimate of drug-likeness (QED) is 0.530. The normalized spacial score (nSPS) is 30.8. The van der Waals surface area contributed by atoms with E-state index in [9.17, 15) is 9.59 Å². The minimum absolute atomic E-state index is 0.0224. The molecule has 0 bridgehead atoms. The molecule has 1 aliphatic carbocycles. The largest absolute Gasteiger partial charge is 0.422 e. The third-order valence-corrected chi connectivity index (χ3v) is 3.29. The second-order valence-corrected chi connectivity index (χ2v) is 4.27. The van der Waals surface area contributed by atoms with Crippen LogP contribution in [-0.4, -0.2) is 11.8 Å². The summed E-state index contributed by atoms with van der Waals surface area (Å²) in [4.78, 5) is 22.6. The van der Waals surface area contributed by atoms with Crippen LogP contribution in [0.4, 0.5) is 0 Å². The lowest BCUT2D eigenvalue weighted by molar-refractivity contribution is -0.140. The van der Waals surface area contributed by atoms with Gasteiger partial charge in [-0.05, 0) is 5.57 Å². The Morgan fingerprint density at radius 3 is 2.54 bits per heavy atom. The van der Waals surface area contributed by atoms with Crippen LogP contribution in [0.2, 0.25) is 0 Å². The summed E-state index contributed by atoms with van der Waals surface area (Å²) >= 11 is 0. The molecule has 70 valence electrons. The third-order valence-electron chi connectivity index (χ3n) is 3.29. The lowest BCUT2D eigenvalue weighted by Gasteiger charge is -2.24. The van der Waals surface area contributed by atoms with Crippen molar-refractivity contribution in [2.24, 2.45) is 11.3 Å². The predicted octanol–water partition coefficient (Wildman–Crippen LogP) is 1.43. The van der Waals surface area contributed by atoms with Crippen molar-refractivity contribution in [3.63, 3.8) is 0 Å². The number of hydrogen-bond donors (Lipinski definition) is 0. The van der Waals surface area contributed by atoms with Gasteiger partial charge in [0.1, 0.15) is 0 Å². The molecular formula is C10H12O3. The topological polar surface area (TPSA) is 43.4 Å². The Bertz CT molecular complexity index is 336. The smallest absolute Gasteiger partial charge is 0.315 e. The Morgan fingerprint density at radius 2 is 2.00 bits per heavy atom. The zero-order chi connectivity index (χ0) is 9.80. The zero-order valence-electron chi connectivity index (χ0n) is 8.01. The highest BCUT2D eigenvalue weighted by atomic mass is 16.5. The highest BCUT2D eigenvalue weighted by molar-refractivity contribution is 6.04. The van der Waals surface area contributed by atoms with Crippen LogP contribution < -0.4 is 0 Å².